The Bertz CT molecular complexity index is 551. The van der Waals surface area contributed by atoms with Crippen LogP contribution in [0.4, 0.5) is 0 Å². The first-order valence-electron chi connectivity index (χ1n) is 5.50. The van der Waals surface area contributed by atoms with E-state index >= 15 is 0 Å². The third-order valence-corrected chi connectivity index (χ3v) is 3.40. The van der Waals surface area contributed by atoms with E-state index < -0.39 is 5.97 Å². The van der Waals surface area contributed by atoms with Crippen molar-refractivity contribution in [3.8, 4) is 0 Å². The van der Waals surface area contributed by atoms with Gasteiger partial charge < -0.3 is 9.72 Å². The van der Waals surface area contributed by atoms with E-state index in [1.54, 1.807) is 11.8 Å². The number of aromatic amines is 1. The SMILES string of the molecule is COC(=O)c1cnc(CSc2cccc(C)c2)[nH]1. The second kappa shape index (κ2) is 5.73. The van der Waals surface area contributed by atoms with Crippen molar-refractivity contribution in [3.63, 3.8) is 0 Å². The third-order valence-electron chi connectivity index (χ3n) is 2.40. The number of benzene rings is 1. The van der Waals surface area contributed by atoms with Gasteiger partial charge in [0.05, 0.1) is 19.1 Å². The van der Waals surface area contributed by atoms with Crippen LogP contribution in [-0.2, 0) is 10.5 Å². The highest BCUT2D eigenvalue weighted by atomic mass is 32.2. The number of esters is 1. The Morgan fingerprint density at radius 1 is 1.50 bits per heavy atom. The molecule has 94 valence electrons. The number of aryl methyl sites for hydroxylation is 1. The largest absolute Gasteiger partial charge is 0.464 e. The number of ether oxygens (including phenoxy) is 1. The lowest BCUT2D eigenvalue weighted by molar-refractivity contribution is 0.0594. The van der Waals surface area contributed by atoms with E-state index in [0.717, 1.165) is 5.82 Å². The lowest BCUT2D eigenvalue weighted by Crippen LogP contribution is -2.01. The van der Waals surface area contributed by atoms with E-state index in [9.17, 15) is 4.79 Å². The molecule has 2 aromatic rings. The van der Waals surface area contributed by atoms with Crippen LogP contribution in [0.25, 0.3) is 0 Å². The fraction of sp³-hybridized carbons (Fsp3) is 0.231. The molecule has 0 atom stereocenters. The summed E-state index contributed by atoms with van der Waals surface area (Å²) in [5.74, 6) is 1.07. The van der Waals surface area contributed by atoms with Gasteiger partial charge in [-0.05, 0) is 19.1 Å². The van der Waals surface area contributed by atoms with Crippen LogP contribution in [0.3, 0.4) is 0 Å². The second-order valence-corrected chi connectivity index (χ2v) is 4.89. The number of imidazole rings is 1. The van der Waals surface area contributed by atoms with Crippen molar-refractivity contribution in [2.24, 2.45) is 0 Å². The van der Waals surface area contributed by atoms with Crippen molar-refractivity contribution >= 4 is 17.7 Å². The Morgan fingerprint density at radius 3 is 3.06 bits per heavy atom. The van der Waals surface area contributed by atoms with Crippen LogP contribution in [0.1, 0.15) is 21.9 Å². The average molecular weight is 262 g/mol. The van der Waals surface area contributed by atoms with Gasteiger partial charge in [0.2, 0.25) is 0 Å². The van der Waals surface area contributed by atoms with E-state index in [2.05, 4.69) is 39.8 Å². The second-order valence-electron chi connectivity index (χ2n) is 3.84. The molecule has 2 rings (SSSR count). The Kier molecular flexibility index (Phi) is 4.04. The number of rotatable bonds is 4. The number of methoxy groups -OCH3 is 1. The van der Waals surface area contributed by atoms with Gasteiger partial charge in [-0.1, -0.05) is 17.7 Å². The molecule has 0 aliphatic rings. The number of hydrogen-bond donors (Lipinski definition) is 1. The summed E-state index contributed by atoms with van der Waals surface area (Å²) in [6.45, 7) is 2.06. The molecule has 0 spiro atoms. The molecular formula is C13H14N2O2S. The molecule has 4 nitrogen and oxygen atoms in total. The molecule has 1 N–H and O–H groups in total. The van der Waals surface area contributed by atoms with Crippen molar-refractivity contribution in [1.29, 1.82) is 0 Å². The normalized spacial score (nSPS) is 10.3. The summed E-state index contributed by atoms with van der Waals surface area (Å²) in [5, 5.41) is 0. The van der Waals surface area contributed by atoms with Crippen LogP contribution in [0, 0.1) is 6.92 Å². The van der Waals surface area contributed by atoms with Crippen molar-refractivity contribution in [3.05, 3.63) is 47.5 Å². The molecule has 0 amide bonds. The van der Waals surface area contributed by atoms with Gasteiger partial charge in [0.1, 0.15) is 11.5 Å². The van der Waals surface area contributed by atoms with Crippen molar-refractivity contribution in [2.75, 3.05) is 7.11 Å². The summed E-state index contributed by atoms with van der Waals surface area (Å²) < 4.78 is 4.61. The fourth-order valence-corrected chi connectivity index (χ4v) is 2.40. The Morgan fingerprint density at radius 2 is 2.33 bits per heavy atom. The van der Waals surface area contributed by atoms with Crippen LogP contribution >= 0.6 is 11.8 Å². The van der Waals surface area contributed by atoms with Crippen LogP contribution in [0.5, 0.6) is 0 Å². The lowest BCUT2D eigenvalue weighted by atomic mass is 10.2. The average Bonchev–Trinajstić information content (AvgIpc) is 2.84. The highest BCUT2D eigenvalue weighted by Gasteiger charge is 2.09. The summed E-state index contributed by atoms with van der Waals surface area (Å²) in [7, 11) is 1.35. The van der Waals surface area contributed by atoms with Gasteiger partial charge in [-0.2, -0.15) is 0 Å². The summed E-state index contributed by atoms with van der Waals surface area (Å²) in [4.78, 5) is 19.5. The zero-order valence-electron chi connectivity index (χ0n) is 10.3. The number of nitrogens with zero attached hydrogens (tertiary/aromatic N) is 1. The summed E-state index contributed by atoms with van der Waals surface area (Å²) in [6.07, 6.45) is 1.50. The minimum Gasteiger partial charge on any atom is -0.464 e. The number of carbonyl (C=O) groups excluding carboxylic acids is 1. The minimum absolute atomic E-state index is 0.386. The number of H-pyrrole nitrogens is 1. The molecule has 1 heterocycles. The topological polar surface area (TPSA) is 55.0 Å². The fourth-order valence-electron chi connectivity index (χ4n) is 1.51. The number of carbonyl (C=O) groups is 1. The number of hydrogen-bond acceptors (Lipinski definition) is 4. The van der Waals surface area contributed by atoms with E-state index in [-0.39, 0.29) is 0 Å². The molecule has 18 heavy (non-hydrogen) atoms. The van der Waals surface area contributed by atoms with Crippen LogP contribution in [0.15, 0.2) is 35.4 Å². The number of nitrogens with one attached hydrogen (secondary N) is 1. The summed E-state index contributed by atoms with van der Waals surface area (Å²) in [5.41, 5.74) is 1.62. The molecule has 1 aromatic heterocycles. The molecule has 0 bridgehead atoms. The van der Waals surface area contributed by atoms with Gasteiger partial charge in [-0.15, -0.1) is 11.8 Å². The summed E-state index contributed by atoms with van der Waals surface area (Å²) >= 11 is 1.67. The molecule has 0 aliphatic heterocycles. The standard InChI is InChI=1S/C13H14N2O2S/c1-9-4-3-5-10(6-9)18-8-12-14-7-11(15-12)13(16)17-2/h3-7H,8H2,1-2H3,(H,14,15). The van der Waals surface area contributed by atoms with Gasteiger partial charge >= 0.3 is 5.97 Å². The third kappa shape index (κ3) is 3.13. The Labute approximate surface area is 110 Å². The Hall–Kier alpha value is -1.75. The van der Waals surface area contributed by atoms with E-state index in [1.165, 1.54) is 23.8 Å². The zero-order valence-corrected chi connectivity index (χ0v) is 11.1. The smallest absolute Gasteiger partial charge is 0.356 e. The van der Waals surface area contributed by atoms with Crippen LogP contribution in [-0.4, -0.2) is 23.0 Å². The van der Waals surface area contributed by atoms with Gasteiger partial charge in [-0.3, -0.25) is 0 Å². The maximum absolute atomic E-state index is 11.2. The lowest BCUT2D eigenvalue weighted by Gasteiger charge is -2.00. The molecule has 5 heteroatoms. The van der Waals surface area contributed by atoms with Crippen LogP contribution < -0.4 is 0 Å². The first-order valence-corrected chi connectivity index (χ1v) is 6.49. The van der Waals surface area contributed by atoms with E-state index in [1.807, 2.05) is 6.07 Å². The van der Waals surface area contributed by atoms with Gasteiger partial charge in [-0.25, -0.2) is 9.78 Å². The summed E-state index contributed by atoms with van der Waals surface area (Å²) in [6, 6.07) is 8.27. The number of aromatic nitrogens is 2. The highest BCUT2D eigenvalue weighted by Crippen LogP contribution is 2.22. The van der Waals surface area contributed by atoms with Crippen molar-refractivity contribution < 1.29 is 9.53 Å². The number of thioether (sulfide) groups is 1. The van der Waals surface area contributed by atoms with E-state index in [0.29, 0.717) is 11.4 Å². The zero-order chi connectivity index (χ0) is 13.0. The van der Waals surface area contributed by atoms with Crippen LogP contribution in [0.2, 0.25) is 0 Å². The van der Waals surface area contributed by atoms with Gasteiger partial charge in [0, 0.05) is 4.90 Å². The maximum Gasteiger partial charge on any atom is 0.356 e. The quantitative estimate of drug-likeness (QED) is 0.680. The predicted molar refractivity (Wildman–Crippen MR) is 70.7 cm³/mol. The maximum atomic E-state index is 11.2. The molecule has 0 aliphatic carbocycles. The highest BCUT2D eigenvalue weighted by molar-refractivity contribution is 7.98. The molecule has 0 saturated carbocycles. The predicted octanol–water partition coefficient (Wildman–Crippen LogP) is 2.80. The van der Waals surface area contributed by atoms with E-state index in [4.69, 9.17) is 0 Å². The molecule has 1 aromatic carbocycles. The minimum atomic E-state index is -0.394. The molecule has 0 radical (unpaired) electrons. The van der Waals surface area contributed by atoms with Gasteiger partial charge in [0.25, 0.3) is 0 Å². The van der Waals surface area contributed by atoms with Crippen molar-refractivity contribution in [1.82, 2.24) is 9.97 Å². The Balaban J connectivity index is 1.98. The molecule has 0 unspecified atom stereocenters. The molecular weight excluding hydrogens is 248 g/mol. The van der Waals surface area contributed by atoms with Gasteiger partial charge in [0.15, 0.2) is 0 Å². The first-order chi connectivity index (χ1) is 8.69. The molecule has 0 fully saturated rings. The van der Waals surface area contributed by atoms with Crippen molar-refractivity contribution in [2.45, 2.75) is 17.6 Å². The molecule has 0 saturated heterocycles. The first kappa shape index (κ1) is 12.7. The monoisotopic (exact) mass is 262 g/mol.